The zero-order valence-corrected chi connectivity index (χ0v) is 16.5. The first-order chi connectivity index (χ1) is 13.5. The molecule has 0 radical (unpaired) electrons. The molecule has 1 amide bonds. The molecule has 0 atom stereocenters. The fraction of sp³-hybridized carbons (Fsp3) is 0.190. The van der Waals surface area contributed by atoms with E-state index in [1.165, 1.54) is 12.4 Å². The Bertz CT molecular complexity index is 944. The van der Waals surface area contributed by atoms with Crippen molar-refractivity contribution in [2.24, 2.45) is 0 Å². The van der Waals surface area contributed by atoms with E-state index in [4.69, 9.17) is 16.3 Å². The lowest BCUT2D eigenvalue weighted by atomic mass is 10.1. The molecule has 0 saturated heterocycles. The molecule has 0 aliphatic heterocycles. The van der Waals surface area contributed by atoms with Gasteiger partial charge in [0, 0.05) is 17.3 Å². The fourth-order valence-electron chi connectivity index (χ4n) is 2.53. The average molecular weight is 397 g/mol. The highest BCUT2D eigenvalue weighted by molar-refractivity contribution is 6.31. The first-order valence-corrected chi connectivity index (χ1v) is 9.19. The van der Waals surface area contributed by atoms with E-state index in [0.717, 1.165) is 29.0 Å². The molecular formula is C21H21ClN4O2. The van der Waals surface area contributed by atoms with Gasteiger partial charge >= 0.3 is 0 Å². The number of nitrogens with one attached hydrogen (secondary N) is 2. The number of anilines is 2. The van der Waals surface area contributed by atoms with Gasteiger partial charge in [-0.25, -0.2) is 9.97 Å². The van der Waals surface area contributed by atoms with Crippen LogP contribution in [0.4, 0.5) is 11.5 Å². The van der Waals surface area contributed by atoms with Crippen LogP contribution in [0.5, 0.6) is 5.75 Å². The van der Waals surface area contributed by atoms with Crippen LogP contribution in [0.2, 0.25) is 5.02 Å². The van der Waals surface area contributed by atoms with E-state index in [-0.39, 0.29) is 11.6 Å². The summed E-state index contributed by atoms with van der Waals surface area (Å²) in [5.41, 5.74) is 3.19. The maximum Gasteiger partial charge on any atom is 0.271 e. The van der Waals surface area contributed by atoms with E-state index < -0.39 is 0 Å². The highest BCUT2D eigenvalue weighted by Gasteiger charge is 2.08. The van der Waals surface area contributed by atoms with Gasteiger partial charge in [0.1, 0.15) is 17.3 Å². The van der Waals surface area contributed by atoms with E-state index in [0.29, 0.717) is 17.4 Å². The van der Waals surface area contributed by atoms with Gasteiger partial charge in [-0.05, 0) is 48.7 Å². The molecule has 144 valence electrons. The Morgan fingerprint density at radius 2 is 1.89 bits per heavy atom. The molecule has 0 spiro atoms. The van der Waals surface area contributed by atoms with E-state index in [1.54, 1.807) is 7.11 Å². The van der Waals surface area contributed by atoms with E-state index in [2.05, 4.69) is 20.6 Å². The normalized spacial score (nSPS) is 10.4. The van der Waals surface area contributed by atoms with Gasteiger partial charge in [0.25, 0.3) is 5.91 Å². The number of nitrogens with zero attached hydrogens (tertiary/aromatic N) is 2. The molecule has 0 bridgehead atoms. The van der Waals surface area contributed by atoms with Crippen LogP contribution in [0.3, 0.4) is 0 Å². The minimum atomic E-state index is -0.258. The number of benzene rings is 2. The van der Waals surface area contributed by atoms with Crippen LogP contribution in [0.15, 0.2) is 54.9 Å². The summed E-state index contributed by atoms with van der Waals surface area (Å²) in [5.74, 6) is 1.09. The van der Waals surface area contributed by atoms with Crippen molar-refractivity contribution in [3.05, 3.63) is 76.7 Å². The Balaban J connectivity index is 1.52. The standard InChI is InChI=1S/C21H21ClN4O2/c1-14-3-6-16(11-18(14)22)26-20-13-24-19(12-25-20)21(27)23-10-9-15-4-7-17(28-2)8-5-15/h3-8,11-13H,9-10H2,1-2H3,(H,23,27)(H,25,26). The van der Waals surface area contributed by atoms with Gasteiger partial charge < -0.3 is 15.4 Å². The Morgan fingerprint density at radius 3 is 2.54 bits per heavy atom. The molecule has 2 N–H and O–H groups in total. The first-order valence-electron chi connectivity index (χ1n) is 8.81. The van der Waals surface area contributed by atoms with E-state index in [9.17, 15) is 4.79 Å². The lowest BCUT2D eigenvalue weighted by molar-refractivity contribution is 0.0949. The Labute approximate surface area is 168 Å². The predicted molar refractivity (Wildman–Crippen MR) is 111 cm³/mol. The van der Waals surface area contributed by atoms with Crippen molar-refractivity contribution in [1.29, 1.82) is 0 Å². The zero-order valence-electron chi connectivity index (χ0n) is 15.7. The molecule has 6 nitrogen and oxygen atoms in total. The molecule has 1 aromatic heterocycles. The Hall–Kier alpha value is -3.12. The number of aromatic nitrogens is 2. The number of halogens is 1. The summed E-state index contributed by atoms with van der Waals surface area (Å²) in [4.78, 5) is 20.6. The van der Waals surface area contributed by atoms with Crippen LogP contribution in [0, 0.1) is 6.92 Å². The molecule has 0 fully saturated rings. The highest BCUT2D eigenvalue weighted by atomic mass is 35.5. The largest absolute Gasteiger partial charge is 0.497 e. The van der Waals surface area contributed by atoms with Gasteiger partial charge in [0.2, 0.25) is 0 Å². The van der Waals surface area contributed by atoms with Gasteiger partial charge in [-0.1, -0.05) is 29.8 Å². The number of carbonyl (C=O) groups excluding carboxylic acids is 1. The van der Waals surface area contributed by atoms with Crippen LogP contribution in [0.25, 0.3) is 0 Å². The summed E-state index contributed by atoms with van der Waals surface area (Å²) in [6.07, 6.45) is 3.68. The predicted octanol–water partition coefficient (Wildman–Crippen LogP) is 4.16. The maximum atomic E-state index is 12.2. The molecule has 2 aromatic carbocycles. The number of rotatable bonds is 7. The summed E-state index contributed by atoms with van der Waals surface area (Å²) < 4.78 is 5.13. The van der Waals surface area contributed by atoms with Crippen LogP contribution in [0.1, 0.15) is 21.6 Å². The molecule has 0 aliphatic carbocycles. The van der Waals surface area contributed by atoms with Crippen LogP contribution >= 0.6 is 11.6 Å². The molecule has 0 unspecified atom stereocenters. The maximum absolute atomic E-state index is 12.2. The van der Waals surface area contributed by atoms with Crippen molar-refractivity contribution in [3.63, 3.8) is 0 Å². The molecule has 3 aromatic rings. The summed E-state index contributed by atoms with van der Waals surface area (Å²) in [6.45, 7) is 2.45. The molecule has 1 heterocycles. The van der Waals surface area contributed by atoms with E-state index >= 15 is 0 Å². The third kappa shape index (κ3) is 5.20. The second-order valence-corrected chi connectivity index (χ2v) is 6.64. The summed E-state index contributed by atoms with van der Waals surface area (Å²) in [6, 6.07) is 13.4. The summed E-state index contributed by atoms with van der Waals surface area (Å²) >= 11 is 6.12. The molecule has 0 saturated carbocycles. The van der Waals surface area contributed by atoms with Crippen molar-refractivity contribution in [2.75, 3.05) is 19.0 Å². The third-order valence-electron chi connectivity index (χ3n) is 4.19. The van der Waals surface area contributed by atoms with Gasteiger partial charge in [-0.15, -0.1) is 0 Å². The molecule has 0 aliphatic rings. The van der Waals surface area contributed by atoms with Crippen molar-refractivity contribution in [1.82, 2.24) is 15.3 Å². The summed E-state index contributed by atoms with van der Waals surface area (Å²) in [7, 11) is 1.63. The van der Waals surface area contributed by atoms with Crippen LogP contribution in [-0.4, -0.2) is 29.5 Å². The number of hydrogen-bond acceptors (Lipinski definition) is 5. The molecule has 28 heavy (non-hydrogen) atoms. The monoisotopic (exact) mass is 396 g/mol. The van der Waals surface area contributed by atoms with Gasteiger partial charge in [-0.2, -0.15) is 0 Å². The molecule has 3 rings (SSSR count). The quantitative estimate of drug-likeness (QED) is 0.627. The van der Waals surface area contributed by atoms with Crippen molar-refractivity contribution < 1.29 is 9.53 Å². The molecule has 7 heteroatoms. The van der Waals surface area contributed by atoms with Crippen molar-refractivity contribution in [3.8, 4) is 5.75 Å². The number of amides is 1. The minimum absolute atomic E-state index is 0.258. The number of hydrogen-bond donors (Lipinski definition) is 2. The summed E-state index contributed by atoms with van der Waals surface area (Å²) in [5, 5.41) is 6.63. The minimum Gasteiger partial charge on any atom is -0.497 e. The lowest BCUT2D eigenvalue weighted by Crippen LogP contribution is -2.26. The SMILES string of the molecule is COc1ccc(CCNC(=O)c2cnc(Nc3ccc(C)c(Cl)c3)cn2)cc1. The third-order valence-corrected chi connectivity index (χ3v) is 4.59. The Morgan fingerprint density at radius 1 is 1.11 bits per heavy atom. The van der Waals surface area contributed by atoms with Gasteiger partial charge in [0.05, 0.1) is 19.5 Å². The first kappa shape index (κ1) is 19.6. The van der Waals surface area contributed by atoms with Crippen LogP contribution < -0.4 is 15.4 Å². The fourth-order valence-corrected chi connectivity index (χ4v) is 2.71. The van der Waals surface area contributed by atoms with Crippen molar-refractivity contribution in [2.45, 2.75) is 13.3 Å². The van der Waals surface area contributed by atoms with Gasteiger partial charge in [0.15, 0.2) is 0 Å². The second kappa shape index (κ2) is 9.19. The second-order valence-electron chi connectivity index (χ2n) is 6.23. The smallest absolute Gasteiger partial charge is 0.271 e. The van der Waals surface area contributed by atoms with Crippen LogP contribution in [-0.2, 0) is 6.42 Å². The lowest BCUT2D eigenvalue weighted by Gasteiger charge is -2.08. The highest BCUT2D eigenvalue weighted by Crippen LogP contribution is 2.22. The van der Waals surface area contributed by atoms with E-state index in [1.807, 2.05) is 49.4 Å². The number of carbonyl (C=O) groups is 1. The number of aryl methyl sites for hydroxylation is 1. The van der Waals surface area contributed by atoms with Gasteiger partial charge in [-0.3, -0.25) is 4.79 Å². The number of methoxy groups -OCH3 is 1. The van der Waals surface area contributed by atoms with Crippen molar-refractivity contribution >= 4 is 29.0 Å². The zero-order chi connectivity index (χ0) is 19.9. The average Bonchev–Trinajstić information content (AvgIpc) is 2.72. The number of ether oxygens (including phenoxy) is 1. The topological polar surface area (TPSA) is 76.1 Å². The Kier molecular flexibility index (Phi) is 6.45. The molecular weight excluding hydrogens is 376 g/mol.